The zero-order valence-electron chi connectivity index (χ0n) is 7.78. The van der Waals surface area contributed by atoms with E-state index in [1.807, 2.05) is 0 Å². The van der Waals surface area contributed by atoms with Crippen LogP contribution in [-0.2, 0) is 0 Å². The Kier molecular flexibility index (Phi) is 8.85. The quantitative estimate of drug-likeness (QED) is 0.618. The first-order chi connectivity index (χ1) is 4.41. The van der Waals surface area contributed by atoms with Crippen molar-refractivity contribution in [3.05, 3.63) is 0 Å². The van der Waals surface area contributed by atoms with Gasteiger partial charge < -0.3 is 11.5 Å². The van der Waals surface area contributed by atoms with E-state index in [4.69, 9.17) is 11.5 Å². The SMILES string of the molecule is CC(C)(C)C.NCCCN. The van der Waals surface area contributed by atoms with Gasteiger partial charge in [0.25, 0.3) is 0 Å². The molecule has 4 N–H and O–H groups in total. The third-order valence-corrected chi connectivity index (χ3v) is 0.408. The van der Waals surface area contributed by atoms with Gasteiger partial charge in [-0.2, -0.15) is 0 Å². The van der Waals surface area contributed by atoms with E-state index in [0.29, 0.717) is 5.41 Å². The van der Waals surface area contributed by atoms with Crippen LogP contribution >= 0.6 is 0 Å². The minimum absolute atomic E-state index is 0.500. The highest BCUT2D eigenvalue weighted by molar-refractivity contribution is 4.47. The van der Waals surface area contributed by atoms with E-state index in [-0.39, 0.29) is 0 Å². The monoisotopic (exact) mass is 146 g/mol. The molecule has 0 rings (SSSR count). The fourth-order valence-electron chi connectivity index (χ4n) is 0.118. The van der Waals surface area contributed by atoms with Gasteiger partial charge in [0.2, 0.25) is 0 Å². The summed E-state index contributed by atoms with van der Waals surface area (Å²) in [7, 11) is 0. The summed E-state index contributed by atoms with van der Waals surface area (Å²) in [6.07, 6.45) is 0.944. The highest BCUT2D eigenvalue weighted by Gasteiger charge is 1.95. The Labute approximate surface area is 65.0 Å². The second-order valence-corrected chi connectivity index (χ2v) is 3.93. The average Bonchev–Trinajstić information content (AvgIpc) is 1.63. The van der Waals surface area contributed by atoms with Crippen LogP contribution in [0.4, 0.5) is 0 Å². The first-order valence-corrected chi connectivity index (χ1v) is 3.82. The molecule has 2 heteroatoms. The van der Waals surface area contributed by atoms with Gasteiger partial charge in [-0.3, -0.25) is 0 Å². The fraction of sp³-hybridized carbons (Fsp3) is 1.00. The lowest BCUT2D eigenvalue weighted by Gasteiger charge is -2.05. The Balaban J connectivity index is 0. The minimum Gasteiger partial charge on any atom is -0.330 e. The molecule has 0 aromatic heterocycles. The van der Waals surface area contributed by atoms with Crippen molar-refractivity contribution in [1.29, 1.82) is 0 Å². The van der Waals surface area contributed by atoms with Gasteiger partial charge in [-0.05, 0) is 24.9 Å². The second kappa shape index (κ2) is 7.03. The summed E-state index contributed by atoms with van der Waals surface area (Å²) in [5.41, 5.74) is 10.6. The second-order valence-electron chi connectivity index (χ2n) is 3.93. The summed E-state index contributed by atoms with van der Waals surface area (Å²) < 4.78 is 0. The molecule has 0 aromatic rings. The maximum absolute atomic E-state index is 5.06. The Morgan fingerprint density at radius 3 is 1.10 bits per heavy atom. The largest absolute Gasteiger partial charge is 0.330 e. The number of hydrogen-bond acceptors (Lipinski definition) is 2. The average molecular weight is 146 g/mol. The normalized spacial score (nSPS) is 10.2. The molecule has 0 saturated carbocycles. The molecule has 0 aromatic carbocycles. The molecule has 0 spiro atoms. The summed E-state index contributed by atoms with van der Waals surface area (Å²) in [5, 5.41) is 0. The maximum atomic E-state index is 5.06. The summed E-state index contributed by atoms with van der Waals surface area (Å²) >= 11 is 0. The van der Waals surface area contributed by atoms with Crippen LogP contribution in [-0.4, -0.2) is 13.1 Å². The van der Waals surface area contributed by atoms with E-state index >= 15 is 0 Å². The van der Waals surface area contributed by atoms with Crippen LogP contribution < -0.4 is 11.5 Å². The summed E-state index contributed by atoms with van der Waals surface area (Å²) in [5.74, 6) is 0. The molecule has 64 valence electrons. The molecule has 2 nitrogen and oxygen atoms in total. The Hall–Kier alpha value is -0.0800. The molecule has 0 amide bonds. The van der Waals surface area contributed by atoms with Crippen LogP contribution in [0.5, 0.6) is 0 Å². The predicted octanol–water partition coefficient (Wildman–Crippen LogP) is 1.35. The predicted molar refractivity (Wildman–Crippen MR) is 47.9 cm³/mol. The third kappa shape index (κ3) is 103. The van der Waals surface area contributed by atoms with Crippen molar-refractivity contribution in [1.82, 2.24) is 0 Å². The van der Waals surface area contributed by atoms with E-state index in [2.05, 4.69) is 27.7 Å². The molecule has 0 bridgehead atoms. The van der Waals surface area contributed by atoms with Crippen molar-refractivity contribution in [2.24, 2.45) is 16.9 Å². The third-order valence-electron chi connectivity index (χ3n) is 0.408. The van der Waals surface area contributed by atoms with E-state index in [1.165, 1.54) is 0 Å². The molecule has 0 fully saturated rings. The van der Waals surface area contributed by atoms with Crippen LogP contribution in [0.25, 0.3) is 0 Å². The van der Waals surface area contributed by atoms with Gasteiger partial charge in [0, 0.05) is 0 Å². The molecule has 0 unspecified atom stereocenters. The van der Waals surface area contributed by atoms with Crippen LogP contribution in [0, 0.1) is 5.41 Å². The van der Waals surface area contributed by atoms with E-state index in [1.54, 1.807) is 0 Å². The van der Waals surface area contributed by atoms with Crippen molar-refractivity contribution >= 4 is 0 Å². The smallest absolute Gasteiger partial charge is 0.00653 e. The van der Waals surface area contributed by atoms with Crippen molar-refractivity contribution in [3.8, 4) is 0 Å². The Morgan fingerprint density at radius 1 is 0.900 bits per heavy atom. The van der Waals surface area contributed by atoms with Crippen molar-refractivity contribution in [2.75, 3.05) is 13.1 Å². The number of rotatable bonds is 2. The Bertz CT molecular complexity index is 46.8. The zero-order chi connectivity index (χ0) is 8.62. The molecule has 0 saturated heterocycles. The summed E-state index contributed by atoms with van der Waals surface area (Å²) in [6, 6.07) is 0. The van der Waals surface area contributed by atoms with Crippen LogP contribution in [0.2, 0.25) is 0 Å². The Morgan fingerprint density at radius 2 is 1.10 bits per heavy atom. The van der Waals surface area contributed by atoms with Crippen LogP contribution in [0.3, 0.4) is 0 Å². The highest BCUT2D eigenvalue weighted by Crippen LogP contribution is 2.07. The molecule has 10 heavy (non-hydrogen) atoms. The number of hydrogen-bond donors (Lipinski definition) is 2. The van der Waals surface area contributed by atoms with E-state index in [9.17, 15) is 0 Å². The summed E-state index contributed by atoms with van der Waals surface area (Å²) in [4.78, 5) is 0. The number of nitrogens with two attached hydrogens (primary N) is 2. The van der Waals surface area contributed by atoms with Crippen LogP contribution in [0.1, 0.15) is 34.1 Å². The van der Waals surface area contributed by atoms with Gasteiger partial charge in [-0.1, -0.05) is 27.7 Å². The lowest BCUT2D eigenvalue weighted by atomic mass is 10.0. The molecule has 0 aliphatic heterocycles. The van der Waals surface area contributed by atoms with E-state index < -0.39 is 0 Å². The molecule has 0 aliphatic rings. The van der Waals surface area contributed by atoms with Gasteiger partial charge in [-0.25, -0.2) is 0 Å². The molecule has 0 aliphatic carbocycles. The first kappa shape index (κ1) is 12.6. The van der Waals surface area contributed by atoms with Gasteiger partial charge in [0.05, 0.1) is 0 Å². The fourth-order valence-corrected chi connectivity index (χ4v) is 0.118. The first-order valence-electron chi connectivity index (χ1n) is 3.82. The molecule has 0 atom stereocenters. The molecular weight excluding hydrogens is 124 g/mol. The van der Waals surface area contributed by atoms with Crippen molar-refractivity contribution in [2.45, 2.75) is 34.1 Å². The molecular formula is C8H22N2. The zero-order valence-corrected chi connectivity index (χ0v) is 7.78. The van der Waals surface area contributed by atoms with Gasteiger partial charge in [0.15, 0.2) is 0 Å². The van der Waals surface area contributed by atoms with E-state index in [0.717, 1.165) is 19.5 Å². The minimum atomic E-state index is 0.500. The lowest BCUT2D eigenvalue weighted by molar-refractivity contribution is 0.469. The topological polar surface area (TPSA) is 52.0 Å². The van der Waals surface area contributed by atoms with Crippen LogP contribution in [0.15, 0.2) is 0 Å². The maximum Gasteiger partial charge on any atom is -0.00653 e. The van der Waals surface area contributed by atoms with Gasteiger partial charge in [0.1, 0.15) is 0 Å². The molecule has 0 radical (unpaired) electrons. The van der Waals surface area contributed by atoms with Crippen molar-refractivity contribution in [3.63, 3.8) is 0 Å². The van der Waals surface area contributed by atoms with Gasteiger partial charge in [-0.15, -0.1) is 0 Å². The molecule has 0 heterocycles. The van der Waals surface area contributed by atoms with Crippen molar-refractivity contribution < 1.29 is 0 Å². The standard InChI is InChI=1S/C5H12.C3H10N2/c1-5(2,3)4;4-2-1-3-5/h1-4H3;1-5H2. The summed E-state index contributed by atoms with van der Waals surface area (Å²) in [6.45, 7) is 10.2. The highest BCUT2D eigenvalue weighted by atomic mass is 14.6. The lowest BCUT2D eigenvalue weighted by Crippen LogP contribution is -2.06. The van der Waals surface area contributed by atoms with Gasteiger partial charge >= 0.3 is 0 Å².